The Morgan fingerprint density at radius 2 is 1.73 bits per heavy atom. The molecule has 1 heterocycles. The van der Waals surface area contributed by atoms with Crippen LogP contribution in [-0.2, 0) is 4.79 Å². The Labute approximate surface area is 122 Å². The van der Waals surface area contributed by atoms with Gasteiger partial charge in [0, 0.05) is 17.7 Å². The summed E-state index contributed by atoms with van der Waals surface area (Å²) in [5.74, 6) is -5.54. The quantitative estimate of drug-likeness (QED) is 0.790. The summed E-state index contributed by atoms with van der Waals surface area (Å²) in [4.78, 5) is 24.1. The number of halogens is 2. The van der Waals surface area contributed by atoms with Crippen molar-refractivity contribution in [1.29, 1.82) is 0 Å². The van der Waals surface area contributed by atoms with Gasteiger partial charge in [-0.15, -0.1) is 0 Å². The molecule has 2 aromatic carbocycles. The standard InChI is InChI=1S/C15H8F2O5/c16-8-2-1-6(3-9(8)17)15-14(21)13(20)12-10(19)4-7(18)5-11(12)22-15/h1-5,15,18-19H. The molecule has 1 aliphatic rings. The second-order valence-electron chi connectivity index (χ2n) is 4.70. The first-order chi connectivity index (χ1) is 10.4. The SMILES string of the molecule is O=C1C(=O)C(c2ccc(F)c(F)c2)Oc2cc(O)cc(O)c21. The van der Waals surface area contributed by atoms with E-state index in [0.717, 1.165) is 30.3 Å². The molecule has 112 valence electrons. The van der Waals surface area contributed by atoms with Crippen LogP contribution in [0.3, 0.4) is 0 Å². The topological polar surface area (TPSA) is 83.8 Å². The number of ether oxygens (including phenoxy) is 1. The molecule has 0 aromatic heterocycles. The lowest BCUT2D eigenvalue weighted by molar-refractivity contribution is -0.122. The number of rotatable bonds is 1. The molecule has 3 rings (SSSR count). The van der Waals surface area contributed by atoms with Crippen molar-refractivity contribution in [2.24, 2.45) is 0 Å². The van der Waals surface area contributed by atoms with Gasteiger partial charge >= 0.3 is 0 Å². The summed E-state index contributed by atoms with van der Waals surface area (Å²) >= 11 is 0. The van der Waals surface area contributed by atoms with Gasteiger partial charge in [0.25, 0.3) is 0 Å². The van der Waals surface area contributed by atoms with E-state index in [1.807, 2.05) is 0 Å². The first-order valence-corrected chi connectivity index (χ1v) is 6.14. The van der Waals surface area contributed by atoms with Gasteiger partial charge in [0.2, 0.25) is 11.6 Å². The van der Waals surface area contributed by atoms with Gasteiger partial charge < -0.3 is 14.9 Å². The van der Waals surface area contributed by atoms with Crippen LogP contribution in [0.25, 0.3) is 0 Å². The number of phenols is 2. The summed E-state index contributed by atoms with van der Waals surface area (Å²) < 4.78 is 31.5. The average Bonchev–Trinajstić information content (AvgIpc) is 2.45. The van der Waals surface area contributed by atoms with Crippen LogP contribution in [0.5, 0.6) is 17.2 Å². The van der Waals surface area contributed by atoms with E-state index in [0.29, 0.717) is 0 Å². The molecule has 0 saturated heterocycles. The van der Waals surface area contributed by atoms with E-state index in [4.69, 9.17) is 4.74 Å². The summed E-state index contributed by atoms with van der Waals surface area (Å²) in [5.41, 5.74) is -0.424. The predicted octanol–water partition coefficient (Wildman–Crippen LogP) is 2.26. The highest BCUT2D eigenvalue weighted by molar-refractivity contribution is 6.47. The van der Waals surface area contributed by atoms with Gasteiger partial charge in [0.05, 0.1) is 0 Å². The van der Waals surface area contributed by atoms with E-state index in [-0.39, 0.29) is 22.6 Å². The van der Waals surface area contributed by atoms with E-state index in [1.165, 1.54) is 0 Å². The lowest BCUT2D eigenvalue weighted by atomic mass is 9.94. The number of Topliss-reactive ketones (excluding diaryl/α,β-unsaturated/α-hetero) is 2. The number of phenolic OH excluding ortho intramolecular Hbond substituents is 2. The fourth-order valence-corrected chi connectivity index (χ4v) is 2.23. The summed E-state index contributed by atoms with van der Waals surface area (Å²) in [5, 5.41) is 19.1. The van der Waals surface area contributed by atoms with Crippen LogP contribution >= 0.6 is 0 Å². The van der Waals surface area contributed by atoms with Crippen molar-refractivity contribution in [2.45, 2.75) is 6.10 Å². The molecule has 22 heavy (non-hydrogen) atoms. The number of hydrogen-bond donors (Lipinski definition) is 2. The first kappa shape index (κ1) is 14.0. The molecule has 0 spiro atoms. The van der Waals surface area contributed by atoms with Gasteiger partial charge in [-0.05, 0) is 12.1 Å². The summed E-state index contributed by atoms with van der Waals surface area (Å²) in [7, 11) is 0. The van der Waals surface area contributed by atoms with Crippen LogP contribution in [0.4, 0.5) is 8.78 Å². The Hall–Kier alpha value is -2.96. The second kappa shape index (κ2) is 4.80. The summed E-state index contributed by atoms with van der Waals surface area (Å²) in [6.07, 6.45) is -1.48. The largest absolute Gasteiger partial charge is 0.508 e. The van der Waals surface area contributed by atoms with E-state index < -0.39 is 35.1 Å². The molecule has 5 nitrogen and oxygen atoms in total. The van der Waals surface area contributed by atoms with Gasteiger partial charge in [-0.2, -0.15) is 0 Å². The highest BCUT2D eigenvalue weighted by Gasteiger charge is 2.39. The molecule has 1 unspecified atom stereocenters. The number of carbonyl (C=O) groups excluding carboxylic acids is 2. The fraction of sp³-hybridized carbons (Fsp3) is 0.0667. The monoisotopic (exact) mass is 306 g/mol. The Morgan fingerprint density at radius 1 is 1.00 bits per heavy atom. The second-order valence-corrected chi connectivity index (χ2v) is 4.70. The minimum Gasteiger partial charge on any atom is -0.508 e. The number of ketones is 2. The Morgan fingerprint density at radius 3 is 2.41 bits per heavy atom. The van der Waals surface area contributed by atoms with Crippen molar-refractivity contribution in [3.05, 3.63) is 53.1 Å². The Balaban J connectivity index is 2.10. The van der Waals surface area contributed by atoms with Crippen molar-refractivity contribution in [3.63, 3.8) is 0 Å². The molecular formula is C15H8F2O5. The van der Waals surface area contributed by atoms with Crippen LogP contribution in [0, 0.1) is 11.6 Å². The molecule has 0 aliphatic carbocycles. The molecule has 0 fully saturated rings. The molecule has 0 bridgehead atoms. The average molecular weight is 306 g/mol. The van der Waals surface area contributed by atoms with Crippen LogP contribution in [0.1, 0.15) is 22.0 Å². The minimum atomic E-state index is -1.48. The van der Waals surface area contributed by atoms with Gasteiger partial charge in [-0.3, -0.25) is 9.59 Å². The molecular weight excluding hydrogens is 298 g/mol. The molecule has 1 aliphatic heterocycles. The van der Waals surface area contributed by atoms with Crippen molar-refractivity contribution in [2.75, 3.05) is 0 Å². The predicted molar refractivity (Wildman–Crippen MR) is 68.8 cm³/mol. The Bertz CT molecular complexity index is 816. The smallest absolute Gasteiger partial charge is 0.248 e. The third-order valence-corrected chi connectivity index (χ3v) is 3.25. The molecule has 0 amide bonds. The molecule has 0 radical (unpaired) electrons. The normalized spacial score (nSPS) is 17.1. The lowest BCUT2D eigenvalue weighted by Crippen LogP contribution is -2.31. The van der Waals surface area contributed by atoms with E-state index >= 15 is 0 Å². The van der Waals surface area contributed by atoms with Gasteiger partial charge in [-0.1, -0.05) is 6.07 Å². The molecule has 7 heteroatoms. The zero-order valence-electron chi connectivity index (χ0n) is 10.8. The maximum absolute atomic E-state index is 13.3. The molecule has 0 saturated carbocycles. The Kier molecular flexibility index (Phi) is 3.05. The maximum atomic E-state index is 13.3. The van der Waals surface area contributed by atoms with Crippen molar-refractivity contribution >= 4 is 11.6 Å². The van der Waals surface area contributed by atoms with Gasteiger partial charge in [0.15, 0.2) is 17.7 Å². The molecule has 2 aromatic rings. The number of hydrogen-bond acceptors (Lipinski definition) is 5. The molecule has 2 N–H and O–H groups in total. The first-order valence-electron chi connectivity index (χ1n) is 6.14. The zero-order chi connectivity index (χ0) is 16.0. The third kappa shape index (κ3) is 2.07. The number of fused-ring (bicyclic) bond motifs is 1. The maximum Gasteiger partial charge on any atom is 0.248 e. The lowest BCUT2D eigenvalue weighted by Gasteiger charge is -2.24. The highest BCUT2D eigenvalue weighted by atomic mass is 19.2. The number of aromatic hydroxyl groups is 2. The third-order valence-electron chi connectivity index (χ3n) is 3.25. The number of benzene rings is 2. The van der Waals surface area contributed by atoms with Crippen LogP contribution in [-0.4, -0.2) is 21.8 Å². The number of carbonyl (C=O) groups is 2. The van der Waals surface area contributed by atoms with Crippen LogP contribution in [0.2, 0.25) is 0 Å². The van der Waals surface area contributed by atoms with Crippen LogP contribution < -0.4 is 4.74 Å². The van der Waals surface area contributed by atoms with Crippen molar-refractivity contribution in [3.8, 4) is 17.2 Å². The van der Waals surface area contributed by atoms with E-state index in [2.05, 4.69) is 0 Å². The van der Waals surface area contributed by atoms with Crippen molar-refractivity contribution < 1.29 is 33.3 Å². The summed E-state index contributed by atoms with van der Waals surface area (Å²) in [6, 6.07) is 4.61. The summed E-state index contributed by atoms with van der Waals surface area (Å²) in [6.45, 7) is 0. The van der Waals surface area contributed by atoms with Gasteiger partial charge in [0.1, 0.15) is 22.8 Å². The zero-order valence-corrected chi connectivity index (χ0v) is 10.8. The fourth-order valence-electron chi connectivity index (χ4n) is 2.23. The minimum absolute atomic E-state index is 0.0502. The van der Waals surface area contributed by atoms with E-state index in [9.17, 15) is 28.6 Å². The van der Waals surface area contributed by atoms with Crippen molar-refractivity contribution in [1.82, 2.24) is 0 Å². The molecule has 1 atom stereocenters. The van der Waals surface area contributed by atoms with Crippen LogP contribution in [0.15, 0.2) is 30.3 Å². The van der Waals surface area contributed by atoms with E-state index in [1.54, 1.807) is 0 Å². The highest BCUT2D eigenvalue weighted by Crippen LogP contribution is 2.40. The van der Waals surface area contributed by atoms with Gasteiger partial charge in [-0.25, -0.2) is 8.78 Å².